The van der Waals surface area contributed by atoms with Gasteiger partial charge in [-0.2, -0.15) is 0 Å². The molecule has 0 saturated carbocycles. The van der Waals surface area contributed by atoms with E-state index < -0.39 is 0 Å². The highest BCUT2D eigenvalue weighted by Gasteiger charge is 2.17. The lowest BCUT2D eigenvalue weighted by molar-refractivity contribution is 0.0419. The molecule has 2 unspecified atom stereocenters. The van der Waals surface area contributed by atoms with E-state index in [0.29, 0.717) is 0 Å². The molecule has 0 spiro atoms. The van der Waals surface area contributed by atoms with E-state index in [1.165, 1.54) is 9.75 Å². The van der Waals surface area contributed by atoms with E-state index in [-0.39, 0.29) is 12.1 Å². The van der Waals surface area contributed by atoms with Gasteiger partial charge < -0.3 is 10.5 Å². The molecule has 2 N–H and O–H groups in total. The van der Waals surface area contributed by atoms with E-state index >= 15 is 0 Å². The SMILES string of the molecule is CCOC(CC)C(N)Cc1ccc(CC)s1. The van der Waals surface area contributed by atoms with Crippen LogP contribution in [0.4, 0.5) is 0 Å². The fourth-order valence-electron chi connectivity index (χ4n) is 1.84. The van der Waals surface area contributed by atoms with Gasteiger partial charge in [0, 0.05) is 22.4 Å². The third-order valence-electron chi connectivity index (χ3n) is 2.76. The molecular weight excluding hydrogens is 218 g/mol. The second-order valence-corrected chi connectivity index (χ2v) is 5.24. The van der Waals surface area contributed by atoms with E-state index in [4.69, 9.17) is 10.5 Å². The van der Waals surface area contributed by atoms with Gasteiger partial charge in [-0.15, -0.1) is 11.3 Å². The molecule has 92 valence electrons. The van der Waals surface area contributed by atoms with Crippen LogP contribution in [0.25, 0.3) is 0 Å². The van der Waals surface area contributed by atoms with E-state index in [2.05, 4.69) is 26.0 Å². The maximum Gasteiger partial charge on any atom is 0.0726 e. The first-order valence-corrected chi connectivity index (χ1v) is 6.97. The highest BCUT2D eigenvalue weighted by molar-refractivity contribution is 7.11. The molecule has 1 aromatic heterocycles. The van der Waals surface area contributed by atoms with Gasteiger partial charge in [0.05, 0.1) is 6.10 Å². The van der Waals surface area contributed by atoms with Gasteiger partial charge in [0.1, 0.15) is 0 Å². The molecule has 0 radical (unpaired) electrons. The summed E-state index contributed by atoms with van der Waals surface area (Å²) in [7, 11) is 0. The first-order chi connectivity index (χ1) is 7.71. The van der Waals surface area contributed by atoms with Crippen LogP contribution in [0.3, 0.4) is 0 Å². The average Bonchev–Trinajstić information content (AvgIpc) is 2.73. The molecule has 0 aromatic carbocycles. The fourth-order valence-corrected chi connectivity index (χ4v) is 2.87. The molecule has 1 aromatic rings. The number of aryl methyl sites for hydroxylation is 1. The van der Waals surface area contributed by atoms with Gasteiger partial charge >= 0.3 is 0 Å². The van der Waals surface area contributed by atoms with Crippen molar-refractivity contribution in [2.75, 3.05) is 6.61 Å². The highest BCUT2D eigenvalue weighted by atomic mass is 32.1. The summed E-state index contributed by atoms with van der Waals surface area (Å²) in [6, 6.07) is 4.52. The largest absolute Gasteiger partial charge is 0.377 e. The molecular formula is C13H23NOS. The van der Waals surface area contributed by atoms with E-state index in [0.717, 1.165) is 25.9 Å². The minimum absolute atomic E-state index is 0.119. The first-order valence-electron chi connectivity index (χ1n) is 6.15. The third kappa shape index (κ3) is 3.89. The molecule has 0 fully saturated rings. The molecule has 0 saturated heterocycles. The summed E-state index contributed by atoms with van der Waals surface area (Å²) >= 11 is 1.87. The Morgan fingerprint density at radius 3 is 2.44 bits per heavy atom. The Kier molecular flexibility index (Phi) is 6.03. The van der Waals surface area contributed by atoms with Gasteiger partial charge in [0.25, 0.3) is 0 Å². The van der Waals surface area contributed by atoms with Crippen molar-refractivity contribution in [2.45, 2.75) is 52.2 Å². The predicted molar refractivity (Wildman–Crippen MR) is 71.1 cm³/mol. The Bertz CT molecular complexity index is 298. The zero-order valence-corrected chi connectivity index (χ0v) is 11.3. The Hall–Kier alpha value is -0.380. The minimum Gasteiger partial charge on any atom is -0.377 e. The van der Waals surface area contributed by atoms with Crippen LogP contribution < -0.4 is 5.73 Å². The van der Waals surface area contributed by atoms with Crippen LogP contribution in [-0.4, -0.2) is 18.8 Å². The van der Waals surface area contributed by atoms with Crippen molar-refractivity contribution in [3.8, 4) is 0 Å². The number of ether oxygens (including phenoxy) is 1. The van der Waals surface area contributed by atoms with Gasteiger partial charge in [-0.1, -0.05) is 13.8 Å². The minimum atomic E-state index is 0.119. The monoisotopic (exact) mass is 241 g/mol. The summed E-state index contributed by atoms with van der Waals surface area (Å²) in [5.74, 6) is 0. The van der Waals surface area contributed by atoms with Crippen LogP contribution in [0.2, 0.25) is 0 Å². The number of hydrogen-bond donors (Lipinski definition) is 1. The molecule has 0 bridgehead atoms. The van der Waals surface area contributed by atoms with Gasteiger partial charge in [-0.3, -0.25) is 0 Å². The van der Waals surface area contributed by atoms with E-state index in [9.17, 15) is 0 Å². The van der Waals surface area contributed by atoms with Crippen LogP contribution in [0, 0.1) is 0 Å². The lowest BCUT2D eigenvalue weighted by Crippen LogP contribution is -2.38. The molecule has 0 aliphatic heterocycles. The summed E-state index contributed by atoms with van der Waals surface area (Å²) in [4.78, 5) is 2.81. The van der Waals surface area contributed by atoms with Gasteiger partial charge in [-0.05, 0) is 38.3 Å². The van der Waals surface area contributed by atoms with Crippen LogP contribution in [0.5, 0.6) is 0 Å². The van der Waals surface area contributed by atoms with Gasteiger partial charge in [0.15, 0.2) is 0 Å². The quantitative estimate of drug-likeness (QED) is 0.796. The topological polar surface area (TPSA) is 35.2 Å². The first kappa shape index (κ1) is 13.7. The molecule has 0 amide bonds. The zero-order valence-electron chi connectivity index (χ0n) is 10.5. The van der Waals surface area contributed by atoms with Crippen molar-refractivity contribution in [2.24, 2.45) is 5.73 Å². The second-order valence-electron chi connectivity index (χ2n) is 3.99. The Morgan fingerprint density at radius 1 is 1.25 bits per heavy atom. The third-order valence-corrected chi connectivity index (χ3v) is 4.02. The summed E-state index contributed by atoms with van der Waals surface area (Å²) in [6.45, 7) is 7.09. The van der Waals surface area contributed by atoms with Crippen LogP contribution >= 0.6 is 11.3 Å². The van der Waals surface area contributed by atoms with Crippen molar-refractivity contribution in [3.63, 3.8) is 0 Å². The Balaban J connectivity index is 2.51. The summed E-state index contributed by atoms with van der Waals surface area (Å²) in [5, 5.41) is 0. The molecule has 2 nitrogen and oxygen atoms in total. The summed E-state index contributed by atoms with van der Waals surface area (Å²) in [5.41, 5.74) is 6.18. The molecule has 1 rings (SSSR count). The smallest absolute Gasteiger partial charge is 0.0726 e. The van der Waals surface area contributed by atoms with E-state index in [1.807, 2.05) is 18.3 Å². The highest BCUT2D eigenvalue weighted by Crippen LogP contribution is 2.19. The lowest BCUT2D eigenvalue weighted by atomic mass is 10.1. The Labute approximate surface area is 103 Å². The van der Waals surface area contributed by atoms with Crippen molar-refractivity contribution in [1.82, 2.24) is 0 Å². The molecule has 3 heteroatoms. The number of nitrogens with two attached hydrogens (primary N) is 1. The van der Waals surface area contributed by atoms with Gasteiger partial charge in [0.2, 0.25) is 0 Å². The summed E-state index contributed by atoms with van der Waals surface area (Å²) in [6.07, 6.45) is 3.23. The number of thiophene rings is 1. The zero-order chi connectivity index (χ0) is 12.0. The maximum absolute atomic E-state index is 6.18. The van der Waals surface area contributed by atoms with Crippen LogP contribution in [0.1, 0.15) is 36.9 Å². The number of rotatable bonds is 7. The second kappa shape index (κ2) is 7.05. The molecule has 2 atom stereocenters. The van der Waals surface area contributed by atoms with Crippen LogP contribution in [-0.2, 0) is 17.6 Å². The van der Waals surface area contributed by atoms with Crippen molar-refractivity contribution in [1.29, 1.82) is 0 Å². The fraction of sp³-hybridized carbons (Fsp3) is 0.692. The molecule has 1 heterocycles. The molecule has 0 aliphatic carbocycles. The van der Waals surface area contributed by atoms with Crippen molar-refractivity contribution >= 4 is 11.3 Å². The lowest BCUT2D eigenvalue weighted by Gasteiger charge is -2.21. The number of hydrogen-bond acceptors (Lipinski definition) is 3. The predicted octanol–water partition coefficient (Wildman–Crippen LogP) is 3.00. The van der Waals surface area contributed by atoms with Crippen LogP contribution in [0.15, 0.2) is 12.1 Å². The molecule has 16 heavy (non-hydrogen) atoms. The Morgan fingerprint density at radius 2 is 1.94 bits per heavy atom. The standard InChI is InChI=1S/C13H23NOS/c1-4-10-7-8-11(16-10)9-12(14)13(5-2)15-6-3/h7-8,12-13H,4-6,9,14H2,1-3H3. The van der Waals surface area contributed by atoms with Gasteiger partial charge in [-0.25, -0.2) is 0 Å². The maximum atomic E-state index is 6.18. The molecule has 0 aliphatic rings. The van der Waals surface area contributed by atoms with Crippen molar-refractivity contribution in [3.05, 3.63) is 21.9 Å². The van der Waals surface area contributed by atoms with Crippen molar-refractivity contribution < 1.29 is 4.74 Å². The summed E-state index contributed by atoms with van der Waals surface area (Å²) < 4.78 is 5.64. The average molecular weight is 241 g/mol. The van der Waals surface area contributed by atoms with E-state index in [1.54, 1.807) is 0 Å². The normalized spacial score (nSPS) is 15.0.